The van der Waals surface area contributed by atoms with Crippen LogP contribution in [0.1, 0.15) is 20.3 Å². The largest absolute Gasteiger partial charge is 0.381 e. The van der Waals surface area contributed by atoms with Crippen LogP contribution in [0, 0.1) is 11.7 Å². The van der Waals surface area contributed by atoms with E-state index < -0.39 is 5.82 Å². The Kier molecular flexibility index (Phi) is 7.33. The van der Waals surface area contributed by atoms with Gasteiger partial charge in [-0.2, -0.15) is 0 Å². The Hall–Kier alpha value is -1.33. The molecular weight excluding hydrogens is 283 g/mol. The summed E-state index contributed by atoms with van der Waals surface area (Å²) in [6.45, 7) is 5.99. The number of amides is 2. The zero-order chi connectivity index (χ0) is 15.0. The normalized spacial score (nSPS) is 10.7. The van der Waals surface area contributed by atoms with E-state index in [0.717, 1.165) is 19.1 Å². The highest BCUT2D eigenvalue weighted by Crippen LogP contribution is 2.22. The topological polar surface area (TPSA) is 50.4 Å². The van der Waals surface area contributed by atoms with Crippen LogP contribution in [0.5, 0.6) is 0 Å². The minimum Gasteiger partial charge on any atom is -0.381 e. The van der Waals surface area contributed by atoms with Gasteiger partial charge in [-0.05, 0) is 30.5 Å². The molecule has 0 saturated carbocycles. The summed E-state index contributed by atoms with van der Waals surface area (Å²) in [7, 11) is 0. The number of hydrogen-bond donors (Lipinski definition) is 2. The van der Waals surface area contributed by atoms with Crippen molar-refractivity contribution in [2.45, 2.75) is 20.3 Å². The molecule has 2 N–H and O–H groups in total. The average molecular weight is 303 g/mol. The Balaban J connectivity index is 2.20. The van der Waals surface area contributed by atoms with Crippen molar-refractivity contribution in [1.82, 2.24) is 5.32 Å². The van der Waals surface area contributed by atoms with Gasteiger partial charge in [0, 0.05) is 19.8 Å². The van der Waals surface area contributed by atoms with Crippen molar-refractivity contribution in [2.75, 3.05) is 25.1 Å². The number of hydrogen-bond acceptors (Lipinski definition) is 2. The second kappa shape index (κ2) is 8.76. The summed E-state index contributed by atoms with van der Waals surface area (Å²) >= 11 is 5.80. The van der Waals surface area contributed by atoms with Crippen LogP contribution in [0.2, 0.25) is 5.02 Å². The number of carbonyl (C=O) groups excluding carboxylic acids is 1. The summed E-state index contributed by atoms with van der Waals surface area (Å²) in [6, 6.07) is 3.43. The number of halogens is 2. The third-order valence-electron chi connectivity index (χ3n) is 2.38. The van der Waals surface area contributed by atoms with Crippen LogP contribution in [0.15, 0.2) is 18.2 Å². The Bertz CT molecular complexity index is 441. The summed E-state index contributed by atoms with van der Waals surface area (Å²) in [4.78, 5) is 11.6. The smallest absolute Gasteiger partial charge is 0.319 e. The van der Waals surface area contributed by atoms with E-state index in [1.54, 1.807) is 0 Å². The van der Waals surface area contributed by atoms with E-state index in [-0.39, 0.29) is 11.1 Å². The van der Waals surface area contributed by atoms with Gasteiger partial charge in [0.2, 0.25) is 0 Å². The van der Waals surface area contributed by atoms with Gasteiger partial charge < -0.3 is 15.4 Å². The number of ether oxygens (including phenoxy) is 1. The number of benzene rings is 1. The van der Waals surface area contributed by atoms with Crippen LogP contribution in [0.4, 0.5) is 14.9 Å². The van der Waals surface area contributed by atoms with Crippen molar-refractivity contribution >= 4 is 23.3 Å². The summed E-state index contributed by atoms with van der Waals surface area (Å²) in [5.74, 6) is 0.0649. The third kappa shape index (κ3) is 6.73. The predicted molar refractivity (Wildman–Crippen MR) is 78.7 cm³/mol. The van der Waals surface area contributed by atoms with Crippen LogP contribution < -0.4 is 10.6 Å². The van der Waals surface area contributed by atoms with Crippen molar-refractivity contribution in [3.63, 3.8) is 0 Å². The zero-order valence-electron chi connectivity index (χ0n) is 11.7. The lowest BCUT2D eigenvalue weighted by Gasteiger charge is -2.10. The Labute approximate surface area is 123 Å². The SMILES string of the molecule is CC(C)COCCCNC(=O)Nc1ccc(F)cc1Cl. The molecule has 0 saturated heterocycles. The number of anilines is 1. The quantitative estimate of drug-likeness (QED) is 0.755. The van der Waals surface area contributed by atoms with Gasteiger partial charge in [0.25, 0.3) is 0 Å². The molecule has 0 aliphatic rings. The maximum Gasteiger partial charge on any atom is 0.319 e. The molecule has 0 aliphatic carbocycles. The lowest BCUT2D eigenvalue weighted by Crippen LogP contribution is -2.30. The van der Waals surface area contributed by atoms with E-state index in [4.69, 9.17) is 16.3 Å². The molecule has 112 valence electrons. The van der Waals surface area contributed by atoms with Gasteiger partial charge in [0.15, 0.2) is 0 Å². The van der Waals surface area contributed by atoms with Crippen LogP contribution in [-0.4, -0.2) is 25.8 Å². The molecule has 20 heavy (non-hydrogen) atoms. The van der Waals surface area contributed by atoms with E-state index >= 15 is 0 Å². The van der Waals surface area contributed by atoms with E-state index in [1.165, 1.54) is 12.1 Å². The van der Waals surface area contributed by atoms with Crippen molar-refractivity contribution < 1.29 is 13.9 Å². The first-order valence-electron chi connectivity index (χ1n) is 6.56. The van der Waals surface area contributed by atoms with E-state index in [0.29, 0.717) is 24.8 Å². The molecule has 0 bridgehead atoms. The second-order valence-corrected chi connectivity index (χ2v) is 5.23. The molecule has 0 heterocycles. The molecule has 0 unspecified atom stereocenters. The van der Waals surface area contributed by atoms with Crippen molar-refractivity contribution in [1.29, 1.82) is 0 Å². The summed E-state index contributed by atoms with van der Waals surface area (Å²) < 4.78 is 18.2. The Morgan fingerprint density at radius 3 is 2.85 bits per heavy atom. The first kappa shape index (κ1) is 16.7. The third-order valence-corrected chi connectivity index (χ3v) is 2.69. The fourth-order valence-electron chi connectivity index (χ4n) is 1.45. The molecule has 1 aromatic rings. The van der Waals surface area contributed by atoms with Gasteiger partial charge in [-0.1, -0.05) is 25.4 Å². The minimum atomic E-state index is -0.441. The average Bonchev–Trinajstić information content (AvgIpc) is 2.36. The maximum atomic E-state index is 12.8. The predicted octanol–water partition coefficient (Wildman–Crippen LogP) is 3.66. The van der Waals surface area contributed by atoms with Gasteiger partial charge in [0.05, 0.1) is 10.7 Å². The first-order chi connectivity index (χ1) is 9.49. The van der Waals surface area contributed by atoms with Gasteiger partial charge in [-0.15, -0.1) is 0 Å². The monoisotopic (exact) mass is 302 g/mol. The lowest BCUT2D eigenvalue weighted by molar-refractivity contribution is 0.108. The first-order valence-corrected chi connectivity index (χ1v) is 6.94. The molecule has 0 aliphatic heterocycles. The zero-order valence-corrected chi connectivity index (χ0v) is 12.5. The number of carbonyl (C=O) groups is 1. The van der Waals surface area contributed by atoms with Gasteiger partial charge in [0.1, 0.15) is 5.82 Å². The van der Waals surface area contributed by atoms with Gasteiger partial charge in [-0.3, -0.25) is 0 Å². The fourth-order valence-corrected chi connectivity index (χ4v) is 1.67. The standard InChI is InChI=1S/C14H20ClFN2O2/c1-10(2)9-20-7-3-6-17-14(19)18-13-5-4-11(16)8-12(13)15/h4-5,8,10H,3,6-7,9H2,1-2H3,(H2,17,18,19). The molecule has 4 nitrogen and oxygen atoms in total. The number of rotatable bonds is 7. The molecular formula is C14H20ClFN2O2. The number of nitrogens with one attached hydrogen (secondary N) is 2. The molecule has 0 atom stereocenters. The fraction of sp³-hybridized carbons (Fsp3) is 0.500. The summed E-state index contributed by atoms with van der Waals surface area (Å²) in [5.41, 5.74) is 0.377. The minimum absolute atomic E-state index is 0.167. The van der Waals surface area contributed by atoms with Gasteiger partial charge in [-0.25, -0.2) is 9.18 Å². The molecule has 0 radical (unpaired) electrons. The van der Waals surface area contributed by atoms with Gasteiger partial charge >= 0.3 is 6.03 Å². The number of urea groups is 1. The van der Waals surface area contributed by atoms with Crippen LogP contribution in [0.25, 0.3) is 0 Å². The molecule has 0 fully saturated rings. The highest BCUT2D eigenvalue weighted by molar-refractivity contribution is 6.33. The molecule has 1 rings (SSSR count). The Morgan fingerprint density at radius 1 is 1.45 bits per heavy atom. The van der Waals surface area contributed by atoms with Crippen molar-refractivity contribution in [3.8, 4) is 0 Å². The second-order valence-electron chi connectivity index (χ2n) is 4.83. The highest BCUT2D eigenvalue weighted by Gasteiger charge is 2.05. The molecule has 0 aromatic heterocycles. The van der Waals surface area contributed by atoms with E-state index in [1.807, 2.05) is 0 Å². The van der Waals surface area contributed by atoms with E-state index in [9.17, 15) is 9.18 Å². The lowest BCUT2D eigenvalue weighted by atomic mass is 10.2. The Morgan fingerprint density at radius 2 is 2.20 bits per heavy atom. The highest BCUT2D eigenvalue weighted by atomic mass is 35.5. The maximum absolute atomic E-state index is 12.8. The summed E-state index contributed by atoms with van der Waals surface area (Å²) in [5, 5.41) is 5.40. The van der Waals surface area contributed by atoms with Crippen molar-refractivity contribution in [3.05, 3.63) is 29.0 Å². The molecule has 2 amide bonds. The molecule has 6 heteroatoms. The molecule has 0 spiro atoms. The van der Waals surface area contributed by atoms with Crippen LogP contribution >= 0.6 is 11.6 Å². The van der Waals surface area contributed by atoms with E-state index in [2.05, 4.69) is 24.5 Å². The van der Waals surface area contributed by atoms with Crippen molar-refractivity contribution in [2.24, 2.45) is 5.92 Å². The van der Waals surface area contributed by atoms with Crippen LogP contribution in [-0.2, 0) is 4.74 Å². The van der Waals surface area contributed by atoms with Crippen LogP contribution in [0.3, 0.4) is 0 Å². The molecule has 1 aromatic carbocycles. The summed E-state index contributed by atoms with van der Waals surface area (Å²) in [6.07, 6.45) is 0.733.